The Labute approximate surface area is 103 Å². The van der Waals surface area contributed by atoms with E-state index in [-0.39, 0.29) is 5.82 Å². The van der Waals surface area contributed by atoms with Gasteiger partial charge in [-0.15, -0.1) is 0 Å². The number of nitro groups is 1. The number of aromatic nitrogens is 4. The van der Waals surface area contributed by atoms with E-state index in [0.717, 1.165) is 0 Å². The molecule has 0 unspecified atom stereocenters. The van der Waals surface area contributed by atoms with Gasteiger partial charge < -0.3 is 15.4 Å². The average molecular weight is 248 g/mol. The fourth-order valence-electron chi connectivity index (χ4n) is 1.49. The summed E-state index contributed by atoms with van der Waals surface area (Å²) in [7, 11) is 1.79. The van der Waals surface area contributed by atoms with Gasteiger partial charge in [0.15, 0.2) is 5.82 Å². The SMILES string of the molecule is Cn1cnc(CCNc2cccnc2[N+](=O)[O-])n1. The fraction of sp³-hybridized carbons (Fsp3) is 0.300. The Morgan fingerprint density at radius 3 is 3.00 bits per heavy atom. The van der Waals surface area contributed by atoms with Crippen molar-refractivity contribution in [3.05, 3.63) is 40.6 Å². The molecule has 0 amide bonds. The van der Waals surface area contributed by atoms with E-state index in [2.05, 4.69) is 20.4 Å². The van der Waals surface area contributed by atoms with Crippen LogP contribution in [-0.2, 0) is 13.5 Å². The van der Waals surface area contributed by atoms with E-state index >= 15 is 0 Å². The maximum Gasteiger partial charge on any atom is 0.386 e. The minimum Gasteiger partial charge on any atom is -0.378 e. The van der Waals surface area contributed by atoms with E-state index < -0.39 is 4.92 Å². The van der Waals surface area contributed by atoms with Crippen molar-refractivity contribution in [2.45, 2.75) is 6.42 Å². The average Bonchev–Trinajstić information content (AvgIpc) is 2.75. The van der Waals surface area contributed by atoms with Crippen LogP contribution in [0.4, 0.5) is 11.5 Å². The predicted molar refractivity (Wildman–Crippen MR) is 64.1 cm³/mol. The Kier molecular flexibility index (Phi) is 3.46. The molecule has 0 bridgehead atoms. The number of nitrogens with one attached hydrogen (secondary N) is 1. The maximum absolute atomic E-state index is 10.7. The first-order valence-electron chi connectivity index (χ1n) is 5.34. The first-order valence-corrected chi connectivity index (χ1v) is 5.34. The molecule has 94 valence electrons. The molecule has 2 aromatic heterocycles. The number of rotatable bonds is 5. The molecular weight excluding hydrogens is 236 g/mol. The van der Waals surface area contributed by atoms with Crippen molar-refractivity contribution in [1.29, 1.82) is 0 Å². The van der Waals surface area contributed by atoms with Crippen LogP contribution in [0.25, 0.3) is 0 Å². The monoisotopic (exact) mass is 248 g/mol. The van der Waals surface area contributed by atoms with Crippen molar-refractivity contribution < 1.29 is 4.92 Å². The van der Waals surface area contributed by atoms with E-state index in [1.54, 1.807) is 30.2 Å². The second kappa shape index (κ2) is 5.21. The van der Waals surface area contributed by atoms with E-state index in [0.29, 0.717) is 24.5 Å². The number of hydrogen-bond donors (Lipinski definition) is 1. The van der Waals surface area contributed by atoms with Crippen molar-refractivity contribution in [3.63, 3.8) is 0 Å². The van der Waals surface area contributed by atoms with Crippen LogP contribution in [0.5, 0.6) is 0 Å². The topological polar surface area (TPSA) is 98.8 Å². The maximum atomic E-state index is 10.7. The van der Waals surface area contributed by atoms with Crippen LogP contribution in [0, 0.1) is 10.1 Å². The minimum absolute atomic E-state index is 0.175. The molecule has 8 nitrogen and oxygen atoms in total. The van der Waals surface area contributed by atoms with Gasteiger partial charge in [0, 0.05) is 20.0 Å². The zero-order valence-electron chi connectivity index (χ0n) is 9.78. The third-order valence-corrected chi connectivity index (χ3v) is 2.27. The van der Waals surface area contributed by atoms with E-state index in [1.807, 2.05) is 0 Å². The Morgan fingerprint density at radius 1 is 1.50 bits per heavy atom. The van der Waals surface area contributed by atoms with Crippen LogP contribution in [0.1, 0.15) is 5.82 Å². The summed E-state index contributed by atoms with van der Waals surface area (Å²) < 4.78 is 1.61. The number of nitrogens with zero attached hydrogens (tertiary/aromatic N) is 5. The van der Waals surface area contributed by atoms with Crippen molar-refractivity contribution in [2.24, 2.45) is 7.05 Å². The molecule has 2 heterocycles. The van der Waals surface area contributed by atoms with E-state index in [1.165, 1.54) is 6.20 Å². The summed E-state index contributed by atoms with van der Waals surface area (Å²) in [4.78, 5) is 18.0. The predicted octanol–water partition coefficient (Wildman–Crippen LogP) is 0.773. The Hall–Kier alpha value is -2.51. The number of anilines is 1. The van der Waals surface area contributed by atoms with Gasteiger partial charge in [0.05, 0.1) is 0 Å². The van der Waals surface area contributed by atoms with Gasteiger partial charge in [-0.2, -0.15) is 5.10 Å². The zero-order valence-corrected chi connectivity index (χ0v) is 9.78. The normalized spacial score (nSPS) is 10.3. The van der Waals surface area contributed by atoms with Crippen molar-refractivity contribution in [1.82, 2.24) is 19.7 Å². The molecule has 0 aliphatic heterocycles. The van der Waals surface area contributed by atoms with Gasteiger partial charge in [0.1, 0.15) is 18.2 Å². The lowest BCUT2D eigenvalue weighted by atomic mass is 10.3. The quantitative estimate of drug-likeness (QED) is 0.620. The Balaban J connectivity index is 1.96. The summed E-state index contributed by atoms with van der Waals surface area (Å²) in [5.41, 5.74) is 0.401. The van der Waals surface area contributed by atoms with Gasteiger partial charge >= 0.3 is 5.82 Å². The second-order valence-corrected chi connectivity index (χ2v) is 3.64. The molecule has 0 saturated carbocycles. The molecule has 0 aliphatic rings. The summed E-state index contributed by atoms with van der Waals surface area (Å²) in [6, 6.07) is 3.27. The van der Waals surface area contributed by atoms with Gasteiger partial charge in [-0.25, -0.2) is 4.98 Å². The van der Waals surface area contributed by atoms with Crippen molar-refractivity contribution in [3.8, 4) is 0 Å². The Morgan fingerprint density at radius 2 is 2.33 bits per heavy atom. The van der Waals surface area contributed by atoms with Gasteiger partial charge in [0.25, 0.3) is 0 Å². The molecule has 2 rings (SSSR count). The third kappa shape index (κ3) is 2.78. The standard InChI is InChI=1S/C10H12N6O2/c1-15-7-13-9(14-15)4-6-11-8-3-2-5-12-10(8)16(17)18/h2-3,5,7,11H,4,6H2,1H3. The molecule has 1 N–H and O–H groups in total. The first kappa shape index (κ1) is 12.0. The van der Waals surface area contributed by atoms with Gasteiger partial charge in [-0.3, -0.25) is 4.68 Å². The largest absolute Gasteiger partial charge is 0.386 e. The van der Waals surface area contributed by atoms with Crippen LogP contribution in [0.2, 0.25) is 0 Å². The molecule has 0 saturated heterocycles. The molecular formula is C10H12N6O2. The van der Waals surface area contributed by atoms with E-state index in [4.69, 9.17) is 0 Å². The van der Waals surface area contributed by atoms with Crippen LogP contribution in [0.3, 0.4) is 0 Å². The fourth-order valence-corrected chi connectivity index (χ4v) is 1.49. The smallest absolute Gasteiger partial charge is 0.378 e. The molecule has 2 aromatic rings. The molecule has 8 heteroatoms. The molecule has 0 aromatic carbocycles. The Bertz CT molecular complexity index is 553. The highest BCUT2D eigenvalue weighted by atomic mass is 16.6. The van der Waals surface area contributed by atoms with Crippen LogP contribution in [0.15, 0.2) is 24.7 Å². The highest BCUT2D eigenvalue weighted by Crippen LogP contribution is 2.19. The lowest BCUT2D eigenvalue weighted by molar-refractivity contribution is -0.388. The molecule has 0 spiro atoms. The number of pyridine rings is 1. The minimum atomic E-state index is -0.513. The number of aryl methyl sites for hydroxylation is 1. The first-order chi connectivity index (χ1) is 8.66. The molecule has 0 radical (unpaired) electrons. The molecule has 0 atom stereocenters. The summed E-state index contributed by atoms with van der Waals surface area (Å²) in [6.45, 7) is 0.510. The van der Waals surface area contributed by atoms with Gasteiger partial charge in [-0.1, -0.05) is 0 Å². The molecule has 0 aliphatic carbocycles. The van der Waals surface area contributed by atoms with Crippen LogP contribution >= 0.6 is 0 Å². The summed E-state index contributed by atoms with van der Waals surface area (Å²) in [6.07, 6.45) is 3.60. The lowest BCUT2D eigenvalue weighted by Crippen LogP contribution is -2.08. The van der Waals surface area contributed by atoms with Crippen LogP contribution < -0.4 is 5.32 Å². The zero-order chi connectivity index (χ0) is 13.0. The summed E-state index contributed by atoms with van der Waals surface area (Å²) in [5, 5.41) is 17.8. The summed E-state index contributed by atoms with van der Waals surface area (Å²) in [5.74, 6) is 0.517. The summed E-state index contributed by atoms with van der Waals surface area (Å²) >= 11 is 0. The second-order valence-electron chi connectivity index (χ2n) is 3.64. The van der Waals surface area contributed by atoms with Crippen LogP contribution in [-0.4, -0.2) is 31.2 Å². The van der Waals surface area contributed by atoms with Gasteiger partial charge in [0.2, 0.25) is 0 Å². The highest BCUT2D eigenvalue weighted by molar-refractivity contribution is 5.56. The van der Waals surface area contributed by atoms with Gasteiger partial charge in [-0.05, 0) is 22.0 Å². The van der Waals surface area contributed by atoms with E-state index in [9.17, 15) is 10.1 Å². The molecule has 18 heavy (non-hydrogen) atoms. The number of hydrogen-bond acceptors (Lipinski definition) is 6. The van der Waals surface area contributed by atoms with Crippen molar-refractivity contribution in [2.75, 3.05) is 11.9 Å². The molecule has 0 fully saturated rings. The lowest BCUT2D eigenvalue weighted by Gasteiger charge is -2.04. The third-order valence-electron chi connectivity index (χ3n) is 2.27. The highest BCUT2D eigenvalue weighted by Gasteiger charge is 2.13. The van der Waals surface area contributed by atoms with Crippen molar-refractivity contribution >= 4 is 11.5 Å².